The minimum absolute atomic E-state index is 0.323. The third-order valence-electron chi connectivity index (χ3n) is 5.10. The molecule has 0 bridgehead atoms. The zero-order valence-electron chi connectivity index (χ0n) is 14.2. The number of nitrogens with zero attached hydrogens (tertiary/aromatic N) is 2. The Bertz CT molecular complexity index is 836. The lowest BCUT2D eigenvalue weighted by Gasteiger charge is -2.21. The summed E-state index contributed by atoms with van der Waals surface area (Å²) in [6.07, 6.45) is 3.33. The van der Waals surface area contributed by atoms with Gasteiger partial charge < -0.3 is 9.84 Å². The summed E-state index contributed by atoms with van der Waals surface area (Å²) in [4.78, 5) is 4.40. The van der Waals surface area contributed by atoms with Crippen LogP contribution in [0.25, 0.3) is 10.8 Å². The summed E-state index contributed by atoms with van der Waals surface area (Å²) < 4.78 is 5.35. The van der Waals surface area contributed by atoms with Gasteiger partial charge in [-0.25, -0.2) is 0 Å². The lowest BCUT2D eigenvalue weighted by Crippen LogP contribution is -2.29. The molecule has 0 spiro atoms. The summed E-state index contributed by atoms with van der Waals surface area (Å²) in [5.74, 6) is 1.92. The van der Waals surface area contributed by atoms with Crippen molar-refractivity contribution in [3.8, 4) is 0 Å². The Balaban J connectivity index is 1.47. The van der Waals surface area contributed by atoms with Gasteiger partial charge in [0, 0.05) is 18.0 Å². The number of fused-ring (bicyclic) bond motifs is 1. The molecule has 3 aromatic rings. The van der Waals surface area contributed by atoms with E-state index in [9.17, 15) is 0 Å². The average Bonchev–Trinajstić information content (AvgIpc) is 3.23. The first-order valence-corrected chi connectivity index (χ1v) is 8.74. The number of benzene rings is 2. The highest BCUT2D eigenvalue weighted by molar-refractivity contribution is 5.86. The van der Waals surface area contributed by atoms with Gasteiger partial charge in [-0.05, 0) is 49.4 Å². The summed E-state index contributed by atoms with van der Waals surface area (Å²) >= 11 is 0. The van der Waals surface area contributed by atoms with Crippen LogP contribution in [0.1, 0.15) is 55.4 Å². The van der Waals surface area contributed by atoms with Crippen molar-refractivity contribution in [3.05, 3.63) is 59.7 Å². The van der Waals surface area contributed by atoms with E-state index in [2.05, 4.69) is 64.8 Å². The minimum atomic E-state index is 0.323. The second kappa shape index (κ2) is 6.36. The van der Waals surface area contributed by atoms with Crippen LogP contribution in [0.4, 0.5) is 0 Å². The molecule has 1 saturated carbocycles. The summed E-state index contributed by atoms with van der Waals surface area (Å²) in [5, 5.41) is 10.4. The number of aryl methyl sites for hydroxylation is 1. The molecular formula is C20H23N3O. The molecule has 0 saturated heterocycles. The van der Waals surface area contributed by atoms with E-state index in [1.54, 1.807) is 0 Å². The maximum atomic E-state index is 5.35. The molecule has 0 radical (unpaired) electrons. The Morgan fingerprint density at radius 1 is 1.12 bits per heavy atom. The first-order chi connectivity index (χ1) is 11.7. The molecule has 2 aromatic carbocycles. The number of rotatable bonds is 4. The highest BCUT2D eigenvalue weighted by Gasteiger charge is 2.30. The number of aromatic nitrogens is 2. The normalized spacial score (nSPS) is 22.1. The zero-order chi connectivity index (χ0) is 16.5. The Hall–Kier alpha value is -2.20. The number of hydrogen-bond donors (Lipinski definition) is 1. The van der Waals surface area contributed by atoms with Gasteiger partial charge in [-0.15, -0.1) is 0 Å². The van der Waals surface area contributed by atoms with Crippen LogP contribution < -0.4 is 5.32 Å². The van der Waals surface area contributed by atoms with Gasteiger partial charge in [0.25, 0.3) is 0 Å². The molecule has 1 heterocycles. The van der Waals surface area contributed by atoms with E-state index < -0.39 is 0 Å². The largest absolute Gasteiger partial charge is 0.339 e. The smallest absolute Gasteiger partial charge is 0.229 e. The highest BCUT2D eigenvalue weighted by Crippen LogP contribution is 2.35. The van der Waals surface area contributed by atoms with Crippen molar-refractivity contribution in [1.82, 2.24) is 15.5 Å². The van der Waals surface area contributed by atoms with Crippen LogP contribution in [0.3, 0.4) is 0 Å². The van der Waals surface area contributed by atoms with E-state index in [1.807, 2.05) is 6.92 Å². The summed E-state index contributed by atoms with van der Waals surface area (Å²) in [7, 11) is 0. The Morgan fingerprint density at radius 3 is 2.79 bits per heavy atom. The monoisotopic (exact) mass is 321 g/mol. The fourth-order valence-electron chi connectivity index (χ4n) is 3.91. The maximum absolute atomic E-state index is 5.35. The second-order valence-corrected chi connectivity index (χ2v) is 6.84. The predicted molar refractivity (Wildman–Crippen MR) is 94.9 cm³/mol. The molecule has 4 heteroatoms. The summed E-state index contributed by atoms with van der Waals surface area (Å²) in [6.45, 7) is 4.13. The van der Waals surface area contributed by atoms with Gasteiger partial charge in [0.1, 0.15) is 0 Å². The second-order valence-electron chi connectivity index (χ2n) is 6.84. The van der Waals surface area contributed by atoms with Crippen LogP contribution in [0, 0.1) is 6.92 Å². The maximum Gasteiger partial charge on any atom is 0.229 e. The predicted octanol–water partition coefficient (Wildman–Crippen LogP) is 4.52. The highest BCUT2D eigenvalue weighted by atomic mass is 16.5. The standard InChI is InChI=1S/C20H23N3O/c1-13(18-9-5-7-15-6-3-4-8-19(15)18)21-17-11-10-16(12-17)20-22-14(2)23-24-20/h3-9,13,16-17,21H,10-12H2,1-2H3. The van der Waals surface area contributed by atoms with E-state index >= 15 is 0 Å². The SMILES string of the molecule is Cc1noc(C2CCC(NC(C)c3cccc4ccccc34)C2)n1. The molecule has 24 heavy (non-hydrogen) atoms. The van der Waals surface area contributed by atoms with Gasteiger partial charge in [-0.1, -0.05) is 47.6 Å². The van der Waals surface area contributed by atoms with Gasteiger partial charge in [0.15, 0.2) is 5.82 Å². The van der Waals surface area contributed by atoms with Crippen LogP contribution in [-0.4, -0.2) is 16.2 Å². The first kappa shape index (κ1) is 15.3. The number of nitrogens with one attached hydrogen (secondary N) is 1. The van der Waals surface area contributed by atoms with Crippen molar-refractivity contribution in [1.29, 1.82) is 0 Å². The van der Waals surface area contributed by atoms with Crippen molar-refractivity contribution in [2.75, 3.05) is 0 Å². The van der Waals surface area contributed by atoms with Gasteiger partial charge >= 0.3 is 0 Å². The van der Waals surface area contributed by atoms with Crippen LogP contribution in [0.15, 0.2) is 47.0 Å². The third-order valence-corrected chi connectivity index (χ3v) is 5.10. The van der Waals surface area contributed by atoms with E-state index in [4.69, 9.17) is 4.52 Å². The molecule has 1 N–H and O–H groups in total. The molecule has 0 aliphatic heterocycles. The topological polar surface area (TPSA) is 51.0 Å². The fraction of sp³-hybridized carbons (Fsp3) is 0.400. The molecule has 3 atom stereocenters. The van der Waals surface area contributed by atoms with E-state index in [0.717, 1.165) is 31.0 Å². The Labute approximate surface area is 142 Å². The molecule has 1 aliphatic carbocycles. The fourth-order valence-corrected chi connectivity index (χ4v) is 3.91. The van der Waals surface area contributed by atoms with E-state index in [0.29, 0.717) is 18.0 Å². The minimum Gasteiger partial charge on any atom is -0.339 e. The molecular weight excluding hydrogens is 298 g/mol. The van der Waals surface area contributed by atoms with Gasteiger partial charge in [-0.3, -0.25) is 0 Å². The van der Waals surface area contributed by atoms with Crippen molar-refractivity contribution in [2.24, 2.45) is 0 Å². The van der Waals surface area contributed by atoms with Gasteiger partial charge in [-0.2, -0.15) is 4.98 Å². The first-order valence-electron chi connectivity index (χ1n) is 8.74. The summed E-state index contributed by atoms with van der Waals surface area (Å²) in [6, 6.07) is 16.0. The van der Waals surface area contributed by atoms with Crippen LogP contribution >= 0.6 is 0 Å². The van der Waals surface area contributed by atoms with Crippen molar-refractivity contribution in [2.45, 2.75) is 51.1 Å². The molecule has 1 aliphatic rings. The Morgan fingerprint density at radius 2 is 1.96 bits per heavy atom. The number of hydrogen-bond acceptors (Lipinski definition) is 4. The summed E-state index contributed by atoms with van der Waals surface area (Å²) in [5.41, 5.74) is 1.37. The van der Waals surface area contributed by atoms with Crippen molar-refractivity contribution in [3.63, 3.8) is 0 Å². The van der Waals surface area contributed by atoms with Crippen LogP contribution in [0.2, 0.25) is 0 Å². The average molecular weight is 321 g/mol. The molecule has 3 unspecified atom stereocenters. The quantitative estimate of drug-likeness (QED) is 0.767. The molecule has 0 amide bonds. The molecule has 1 fully saturated rings. The van der Waals surface area contributed by atoms with Crippen molar-refractivity contribution >= 4 is 10.8 Å². The molecule has 1 aromatic heterocycles. The van der Waals surface area contributed by atoms with Crippen molar-refractivity contribution < 1.29 is 4.52 Å². The zero-order valence-corrected chi connectivity index (χ0v) is 14.2. The third kappa shape index (κ3) is 2.94. The lowest BCUT2D eigenvalue weighted by atomic mass is 9.99. The van der Waals surface area contributed by atoms with Gasteiger partial charge in [0.05, 0.1) is 0 Å². The molecule has 4 nitrogen and oxygen atoms in total. The van der Waals surface area contributed by atoms with Crippen LogP contribution in [-0.2, 0) is 0 Å². The lowest BCUT2D eigenvalue weighted by molar-refractivity contribution is 0.347. The van der Waals surface area contributed by atoms with Crippen LogP contribution in [0.5, 0.6) is 0 Å². The van der Waals surface area contributed by atoms with E-state index in [1.165, 1.54) is 16.3 Å². The molecule has 4 rings (SSSR count). The van der Waals surface area contributed by atoms with Gasteiger partial charge in [0.2, 0.25) is 5.89 Å². The Kier molecular flexibility index (Phi) is 4.07. The molecule has 124 valence electrons. The van der Waals surface area contributed by atoms with E-state index in [-0.39, 0.29) is 0 Å².